The Balaban J connectivity index is 3.05. The molecule has 2 unspecified atom stereocenters. The van der Waals surface area contributed by atoms with Crippen LogP contribution in [0, 0.1) is 0 Å². The lowest BCUT2D eigenvalue weighted by molar-refractivity contribution is 0.138. The van der Waals surface area contributed by atoms with E-state index in [0.717, 1.165) is 6.42 Å². The summed E-state index contributed by atoms with van der Waals surface area (Å²) in [5.74, 6) is 0. The highest BCUT2D eigenvalue weighted by Gasteiger charge is 2.03. The SMILES string of the molecule is CCCCCCCCCCCCCCCCCC(N)NC(C)O. The molecule has 0 spiro atoms. The minimum Gasteiger partial charge on any atom is -0.379 e. The zero-order valence-corrected chi connectivity index (χ0v) is 16.0. The first-order chi connectivity index (χ1) is 11.2. The largest absolute Gasteiger partial charge is 0.379 e. The molecule has 0 heterocycles. The first kappa shape index (κ1) is 22.9. The van der Waals surface area contributed by atoms with Crippen molar-refractivity contribution >= 4 is 0 Å². The van der Waals surface area contributed by atoms with Crippen molar-refractivity contribution in [2.45, 2.75) is 129 Å². The smallest absolute Gasteiger partial charge is 0.103 e. The molecule has 0 amide bonds. The Morgan fingerprint density at radius 1 is 0.696 bits per heavy atom. The van der Waals surface area contributed by atoms with E-state index in [1.807, 2.05) is 0 Å². The van der Waals surface area contributed by atoms with Crippen molar-refractivity contribution in [3.05, 3.63) is 0 Å². The number of nitrogens with one attached hydrogen (secondary N) is 1. The Hall–Kier alpha value is -0.120. The number of hydrogen-bond acceptors (Lipinski definition) is 3. The van der Waals surface area contributed by atoms with Gasteiger partial charge in [-0.3, -0.25) is 5.32 Å². The van der Waals surface area contributed by atoms with Gasteiger partial charge in [-0.05, 0) is 13.3 Å². The second kappa shape index (κ2) is 18.2. The number of aliphatic hydroxyl groups is 1. The number of aliphatic hydroxyl groups excluding tert-OH is 1. The van der Waals surface area contributed by atoms with Gasteiger partial charge in [-0.15, -0.1) is 0 Å². The summed E-state index contributed by atoms with van der Waals surface area (Å²) < 4.78 is 0. The van der Waals surface area contributed by atoms with Crippen molar-refractivity contribution in [1.82, 2.24) is 5.32 Å². The van der Waals surface area contributed by atoms with Crippen LogP contribution in [0.2, 0.25) is 0 Å². The van der Waals surface area contributed by atoms with Crippen LogP contribution in [0.3, 0.4) is 0 Å². The number of hydrogen-bond donors (Lipinski definition) is 3. The number of nitrogens with two attached hydrogens (primary N) is 1. The lowest BCUT2D eigenvalue weighted by atomic mass is 10.0. The van der Waals surface area contributed by atoms with Crippen molar-refractivity contribution in [2.24, 2.45) is 5.73 Å². The molecular weight excluding hydrogens is 284 g/mol. The van der Waals surface area contributed by atoms with Crippen LogP contribution in [0.25, 0.3) is 0 Å². The molecule has 4 N–H and O–H groups in total. The van der Waals surface area contributed by atoms with Gasteiger partial charge < -0.3 is 10.8 Å². The van der Waals surface area contributed by atoms with Crippen molar-refractivity contribution in [3.8, 4) is 0 Å². The lowest BCUT2D eigenvalue weighted by Crippen LogP contribution is -2.42. The zero-order chi connectivity index (χ0) is 17.2. The molecule has 0 aromatic carbocycles. The van der Waals surface area contributed by atoms with E-state index in [1.54, 1.807) is 6.92 Å². The standard InChI is InChI=1S/C20H44N2O/c1-3-4-5-6-7-8-9-10-11-12-13-14-15-16-17-18-20(21)22-19(2)23/h19-20,22-23H,3-18,21H2,1-2H3. The normalized spacial score (nSPS) is 14.1. The summed E-state index contributed by atoms with van der Waals surface area (Å²) in [6.45, 7) is 4.00. The number of rotatable bonds is 18. The zero-order valence-electron chi connectivity index (χ0n) is 16.0. The van der Waals surface area contributed by atoms with E-state index in [2.05, 4.69) is 12.2 Å². The van der Waals surface area contributed by atoms with Gasteiger partial charge in [0.15, 0.2) is 0 Å². The fourth-order valence-corrected chi connectivity index (χ4v) is 3.13. The maximum absolute atomic E-state index is 9.16. The maximum atomic E-state index is 9.16. The molecule has 0 saturated heterocycles. The van der Waals surface area contributed by atoms with Gasteiger partial charge in [0, 0.05) is 0 Å². The van der Waals surface area contributed by atoms with E-state index in [9.17, 15) is 0 Å². The molecule has 0 radical (unpaired) electrons. The topological polar surface area (TPSA) is 58.3 Å². The van der Waals surface area contributed by atoms with Crippen LogP contribution < -0.4 is 11.1 Å². The number of unbranched alkanes of at least 4 members (excludes halogenated alkanes) is 14. The highest BCUT2D eigenvalue weighted by Crippen LogP contribution is 2.13. The van der Waals surface area contributed by atoms with Crippen LogP contribution in [0.1, 0.15) is 117 Å². The van der Waals surface area contributed by atoms with Crippen molar-refractivity contribution in [3.63, 3.8) is 0 Å². The summed E-state index contributed by atoms with van der Waals surface area (Å²) >= 11 is 0. The summed E-state index contributed by atoms with van der Waals surface area (Å²) in [6, 6.07) is 0. The van der Waals surface area contributed by atoms with Crippen molar-refractivity contribution < 1.29 is 5.11 Å². The van der Waals surface area contributed by atoms with Crippen LogP contribution in [-0.2, 0) is 0 Å². The summed E-state index contributed by atoms with van der Waals surface area (Å²) in [4.78, 5) is 0. The second-order valence-electron chi connectivity index (χ2n) is 7.19. The highest BCUT2D eigenvalue weighted by molar-refractivity contribution is 4.59. The molecule has 0 aliphatic carbocycles. The molecule has 0 bridgehead atoms. The van der Waals surface area contributed by atoms with Crippen molar-refractivity contribution in [1.29, 1.82) is 0 Å². The second-order valence-corrected chi connectivity index (χ2v) is 7.19. The van der Waals surface area contributed by atoms with E-state index >= 15 is 0 Å². The van der Waals surface area contributed by atoms with E-state index in [1.165, 1.54) is 96.3 Å². The van der Waals surface area contributed by atoms with Crippen LogP contribution in [0.4, 0.5) is 0 Å². The molecule has 0 aromatic rings. The Labute approximate surface area is 145 Å². The third-order valence-corrected chi connectivity index (χ3v) is 4.57. The van der Waals surface area contributed by atoms with E-state index in [0.29, 0.717) is 0 Å². The highest BCUT2D eigenvalue weighted by atomic mass is 16.3. The first-order valence-electron chi connectivity index (χ1n) is 10.4. The predicted octanol–water partition coefficient (Wildman–Crippen LogP) is 5.46. The Kier molecular flexibility index (Phi) is 18.1. The first-order valence-corrected chi connectivity index (χ1v) is 10.4. The average Bonchev–Trinajstić information content (AvgIpc) is 2.50. The lowest BCUT2D eigenvalue weighted by Gasteiger charge is -2.15. The third kappa shape index (κ3) is 19.8. The van der Waals surface area contributed by atoms with E-state index in [-0.39, 0.29) is 6.17 Å². The minimum absolute atomic E-state index is 0.0584. The molecule has 3 nitrogen and oxygen atoms in total. The quantitative estimate of drug-likeness (QED) is 0.231. The summed E-state index contributed by atoms with van der Waals surface area (Å²) in [6.07, 6.45) is 21.2. The van der Waals surface area contributed by atoms with Crippen LogP contribution in [-0.4, -0.2) is 17.5 Å². The molecule has 0 aromatic heterocycles. The predicted molar refractivity (Wildman–Crippen MR) is 102 cm³/mol. The van der Waals surface area contributed by atoms with Crippen LogP contribution in [0.15, 0.2) is 0 Å². The Morgan fingerprint density at radius 3 is 1.39 bits per heavy atom. The van der Waals surface area contributed by atoms with Gasteiger partial charge in [0.05, 0.1) is 6.17 Å². The van der Waals surface area contributed by atoms with Gasteiger partial charge in [-0.1, -0.05) is 103 Å². The molecular formula is C20H44N2O. The average molecular weight is 329 g/mol. The summed E-state index contributed by atoms with van der Waals surface area (Å²) in [5, 5.41) is 12.1. The molecule has 2 atom stereocenters. The Bertz CT molecular complexity index is 222. The van der Waals surface area contributed by atoms with Crippen molar-refractivity contribution in [2.75, 3.05) is 0 Å². The van der Waals surface area contributed by atoms with Gasteiger partial charge in [-0.25, -0.2) is 0 Å². The Morgan fingerprint density at radius 2 is 1.04 bits per heavy atom. The molecule has 0 fully saturated rings. The van der Waals surface area contributed by atoms with Gasteiger partial charge >= 0.3 is 0 Å². The fraction of sp³-hybridized carbons (Fsp3) is 1.00. The van der Waals surface area contributed by atoms with Gasteiger partial charge in [0.25, 0.3) is 0 Å². The maximum Gasteiger partial charge on any atom is 0.103 e. The molecule has 0 aliphatic rings. The van der Waals surface area contributed by atoms with Crippen LogP contribution >= 0.6 is 0 Å². The fourth-order valence-electron chi connectivity index (χ4n) is 3.13. The molecule has 0 aliphatic heterocycles. The summed E-state index contributed by atoms with van der Waals surface area (Å²) in [5.41, 5.74) is 5.86. The third-order valence-electron chi connectivity index (χ3n) is 4.57. The minimum atomic E-state index is -0.499. The molecule has 23 heavy (non-hydrogen) atoms. The van der Waals surface area contributed by atoms with E-state index in [4.69, 9.17) is 10.8 Å². The van der Waals surface area contributed by atoms with Gasteiger partial charge in [0.1, 0.15) is 6.23 Å². The van der Waals surface area contributed by atoms with Crippen LogP contribution in [0.5, 0.6) is 0 Å². The molecule has 140 valence electrons. The molecule has 3 heteroatoms. The van der Waals surface area contributed by atoms with Gasteiger partial charge in [0.2, 0.25) is 0 Å². The van der Waals surface area contributed by atoms with Gasteiger partial charge in [-0.2, -0.15) is 0 Å². The molecule has 0 rings (SSSR count). The summed E-state index contributed by atoms with van der Waals surface area (Å²) in [7, 11) is 0. The monoisotopic (exact) mass is 328 g/mol. The molecule has 0 saturated carbocycles. The van der Waals surface area contributed by atoms with E-state index < -0.39 is 6.23 Å².